The Kier molecular flexibility index (Phi) is 4.78. The van der Waals surface area contributed by atoms with Crippen LogP contribution in [0.25, 0.3) is 0 Å². The van der Waals surface area contributed by atoms with Crippen LogP contribution in [0, 0.1) is 5.82 Å². The van der Waals surface area contributed by atoms with Gasteiger partial charge in [0.2, 0.25) is 0 Å². The molecule has 0 aliphatic carbocycles. The lowest BCUT2D eigenvalue weighted by atomic mass is 9.73. The van der Waals surface area contributed by atoms with E-state index >= 15 is 0 Å². The summed E-state index contributed by atoms with van der Waals surface area (Å²) in [7, 11) is 0. The van der Waals surface area contributed by atoms with Crippen LogP contribution < -0.4 is 0 Å². The Morgan fingerprint density at radius 1 is 1.24 bits per heavy atom. The van der Waals surface area contributed by atoms with Crippen LogP contribution in [-0.4, -0.2) is 11.1 Å². The first-order valence-electron chi connectivity index (χ1n) is 6.72. The largest absolute Gasteiger partial charge is 0.481 e. The number of hydrogen-bond acceptors (Lipinski definition) is 1. The van der Waals surface area contributed by atoms with E-state index in [1.54, 1.807) is 12.1 Å². The highest BCUT2D eigenvalue weighted by Gasteiger charge is 2.38. The molecule has 2 nitrogen and oxygen atoms in total. The van der Waals surface area contributed by atoms with Gasteiger partial charge < -0.3 is 5.11 Å². The third-order valence-electron chi connectivity index (χ3n) is 3.83. The Hall–Kier alpha value is -1.68. The first-order chi connectivity index (χ1) is 9.99. The van der Waals surface area contributed by atoms with Gasteiger partial charge in [0.05, 0.1) is 9.89 Å². The number of carbonyl (C=O) groups is 1. The van der Waals surface area contributed by atoms with Crippen molar-refractivity contribution in [3.63, 3.8) is 0 Å². The number of carboxylic acid groups (broad SMARTS) is 1. The lowest BCUT2D eigenvalue weighted by Gasteiger charge is -2.29. The zero-order valence-electron chi connectivity index (χ0n) is 11.6. The van der Waals surface area contributed by atoms with Gasteiger partial charge in [-0.05, 0) is 52.0 Å². The van der Waals surface area contributed by atoms with Crippen molar-refractivity contribution >= 4 is 21.9 Å². The van der Waals surface area contributed by atoms with Gasteiger partial charge in [-0.3, -0.25) is 4.79 Å². The summed E-state index contributed by atoms with van der Waals surface area (Å²) in [6.07, 6.45) is 0.781. The maximum atomic E-state index is 13.3. The summed E-state index contributed by atoms with van der Waals surface area (Å²) in [6, 6.07) is 13.8. The van der Waals surface area contributed by atoms with Crippen molar-refractivity contribution in [2.75, 3.05) is 0 Å². The zero-order chi connectivity index (χ0) is 15.5. The van der Waals surface area contributed by atoms with Crippen LogP contribution in [-0.2, 0) is 16.6 Å². The van der Waals surface area contributed by atoms with Crippen molar-refractivity contribution in [3.8, 4) is 0 Å². The average Bonchev–Trinajstić information content (AvgIpc) is 2.49. The number of benzene rings is 2. The fourth-order valence-electron chi connectivity index (χ4n) is 2.54. The molecule has 0 saturated carbocycles. The minimum Gasteiger partial charge on any atom is -0.481 e. The molecule has 2 aromatic carbocycles. The van der Waals surface area contributed by atoms with Gasteiger partial charge in [-0.25, -0.2) is 4.39 Å². The van der Waals surface area contributed by atoms with E-state index in [4.69, 9.17) is 0 Å². The maximum Gasteiger partial charge on any atom is 0.314 e. The predicted molar refractivity (Wildman–Crippen MR) is 83.9 cm³/mol. The molecule has 0 spiro atoms. The second kappa shape index (κ2) is 6.39. The van der Waals surface area contributed by atoms with E-state index in [0.29, 0.717) is 17.3 Å². The highest BCUT2D eigenvalue weighted by atomic mass is 79.9. The molecule has 4 heteroatoms. The van der Waals surface area contributed by atoms with E-state index in [9.17, 15) is 14.3 Å². The van der Waals surface area contributed by atoms with Crippen molar-refractivity contribution < 1.29 is 14.3 Å². The quantitative estimate of drug-likeness (QED) is 0.857. The van der Waals surface area contributed by atoms with Gasteiger partial charge in [0.1, 0.15) is 5.82 Å². The summed E-state index contributed by atoms with van der Waals surface area (Å²) in [6.45, 7) is 1.86. The molecule has 2 rings (SSSR count). The van der Waals surface area contributed by atoms with E-state index in [1.165, 1.54) is 6.07 Å². The molecule has 1 N–H and O–H groups in total. The van der Waals surface area contributed by atoms with Gasteiger partial charge in [-0.15, -0.1) is 0 Å². The summed E-state index contributed by atoms with van der Waals surface area (Å²) in [4.78, 5) is 11.9. The molecule has 0 aliphatic rings. The first kappa shape index (κ1) is 15.7. The summed E-state index contributed by atoms with van der Waals surface area (Å²) in [5, 5.41) is 9.78. The van der Waals surface area contributed by atoms with Crippen LogP contribution in [0.4, 0.5) is 4.39 Å². The third kappa shape index (κ3) is 3.16. The van der Waals surface area contributed by atoms with Crippen molar-refractivity contribution in [2.24, 2.45) is 0 Å². The summed E-state index contributed by atoms with van der Waals surface area (Å²) in [5.74, 6) is -1.22. The van der Waals surface area contributed by atoms with Gasteiger partial charge in [0, 0.05) is 0 Å². The van der Waals surface area contributed by atoms with Crippen LogP contribution in [0.1, 0.15) is 24.5 Å². The molecule has 0 heterocycles. The molecule has 1 unspecified atom stereocenters. The predicted octanol–water partition coefficient (Wildman–Crippen LogP) is 4.56. The maximum absolute atomic E-state index is 13.3. The van der Waals surface area contributed by atoms with Crippen LogP contribution >= 0.6 is 15.9 Å². The van der Waals surface area contributed by atoms with E-state index in [2.05, 4.69) is 15.9 Å². The molecule has 0 aliphatic heterocycles. The molecule has 0 radical (unpaired) electrons. The minimum absolute atomic E-state index is 0.321. The lowest BCUT2D eigenvalue weighted by Crippen LogP contribution is -2.37. The Labute approximate surface area is 131 Å². The molecule has 2 aromatic rings. The topological polar surface area (TPSA) is 37.3 Å². The van der Waals surface area contributed by atoms with Crippen LogP contribution in [0.3, 0.4) is 0 Å². The number of rotatable bonds is 5. The van der Waals surface area contributed by atoms with E-state index in [1.807, 2.05) is 37.3 Å². The molecule has 0 bridgehead atoms. The molecule has 21 heavy (non-hydrogen) atoms. The molecule has 0 aromatic heterocycles. The SMILES string of the molecule is CCC(Cc1ccc(F)c(Br)c1)(C(=O)O)c1ccccc1. The van der Waals surface area contributed by atoms with Gasteiger partial charge >= 0.3 is 5.97 Å². The number of carboxylic acids is 1. The zero-order valence-corrected chi connectivity index (χ0v) is 13.2. The Morgan fingerprint density at radius 3 is 2.43 bits per heavy atom. The van der Waals surface area contributed by atoms with E-state index in [-0.39, 0.29) is 5.82 Å². The molecular formula is C17H16BrFO2. The third-order valence-corrected chi connectivity index (χ3v) is 4.44. The first-order valence-corrected chi connectivity index (χ1v) is 7.52. The number of aliphatic carboxylic acids is 1. The summed E-state index contributed by atoms with van der Waals surface area (Å²) >= 11 is 3.15. The highest BCUT2D eigenvalue weighted by molar-refractivity contribution is 9.10. The molecule has 1 atom stereocenters. The van der Waals surface area contributed by atoms with Gasteiger partial charge in [-0.1, -0.05) is 43.3 Å². The van der Waals surface area contributed by atoms with Crippen LogP contribution in [0.2, 0.25) is 0 Å². The minimum atomic E-state index is -1.00. The second-order valence-corrected chi connectivity index (χ2v) is 5.89. The Bertz CT molecular complexity index is 642. The standard InChI is InChI=1S/C17H16BrFO2/c1-2-17(16(20)21,13-6-4-3-5-7-13)11-12-8-9-15(19)14(18)10-12/h3-10H,2,11H2,1H3,(H,20,21). The van der Waals surface area contributed by atoms with Crippen LogP contribution in [0.15, 0.2) is 53.0 Å². The average molecular weight is 351 g/mol. The van der Waals surface area contributed by atoms with Crippen molar-refractivity contribution in [1.29, 1.82) is 0 Å². The summed E-state index contributed by atoms with van der Waals surface area (Å²) in [5.41, 5.74) is 0.551. The molecule has 0 saturated heterocycles. The van der Waals surface area contributed by atoms with Crippen molar-refractivity contribution in [3.05, 3.63) is 69.9 Å². The monoisotopic (exact) mass is 350 g/mol. The van der Waals surface area contributed by atoms with E-state index in [0.717, 1.165) is 11.1 Å². The van der Waals surface area contributed by atoms with E-state index < -0.39 is 11.4 Å². The number of halogens is 2. The summed E-state index contributed by atoms with van der Waals surface area (Å²) < 4.78 is 13.7. The Morgan fingerprint density at radius 2 is 1.90 bits per heavy atom. The molecule has 110 valence electrons. The van der Waals surface area contributed by atoms with Crippen LogP contribution in [0.5, 0.6) is 0 Å². The lowest BCUT2D eigenvalue weighted by molar-refractivity contribution is -0.144. The fraction of sp³-hybridized carbons (Fsp3) is 0.235. The normalized spacial score (nSPS) is 13.7. The van der Waals surface area contributed by atoms with Gasteiger partial charge in [0.25, 0.3) is 0 Å². The van der Waals surface area contributed by atoms with Gasteiger partial charge in [-0.2, -0.15) is 0 Å². The van der Waals surface area contributed by atoms with Crippen molar-refractivity contribution in [2.45, 2.75) is 25.2 Å². The van der Waals surface area contributed by atoms with Gasteiger partial charge in [0.15, 0.2) is 0 Å². The molecule has 0 fully saturated rings. The molecule has 0 amide bonds. The fourth-order valence-corrected chi connectivity index (χ4v) is 2.96. The number of hydrogen-bond donors (Lipinski definition) is 1. The molecular weight excluding hydrogens is 335 g/mol. The highest BCUT2D eigenvalue weighted by Crippen LogP contribution is 2.33. The second-order valence-electron chi connectivity index (χ2n) is 5.03. The Balaban J connectivity index is 2.46. The van der Waals surface area contributed by atoms with Crippen molar-refractivity contribution in [1.82, 2.24) is 0 Å². The smallest absolute Gasteiger partial charge is 0.314 e.